The Balaban J connectivity index is 2.57. The maximum absolute atomic E-state index is 3.47. The quantitative estimate of drug-likeness (QED) is 0.747. The average Bonchev–Trinajstić information content (AvgIpc) is 2.48. The van der Waals surface area contributed by atoms with Crippen molar-refractivity contribution < 1.29 is 0 Å². The summed E-state index contributed by atoms with van der Waals surface area (Å²) in [5.41, 5.74) is 4.35. The lowest BCUT2D eigenvalue weighted by molar-refractivity contribution is 0.562. The van der Waals surface area contributed by atoms with E-state index in [1.54, 1.807) is 0 Å². The van der Waals surface area contributed by atoms with Crippen LogP contribution in [0, 0.1) is 13.8 Å². The molecule has 0 saturated carbocycles. The summed E-state index contributed by atoms with van der Waals surface area (Å²) in [6.45, 7) is 14.5. The van der Waals surface area contributed by atoms with Gasteiger partial charge in [0.05, 0.1) is 0 Å². The fourth-order valence-electron chi connectivity index (χ4n) is 2.56. The van der Waals surface area contributed by atoms with Gasteiger partial charge >= 0.3 is 0 Å². The first-order valence-electron chi connectivity index (χ1n) is 6.84. The van der Waals surface area contributed by atoms with Gasteiger partial charge in [0.1, 0.15) is 0 Å². The molecule has 0 unspecified atom stereocenters. The van der Waals surface area contributed by atoms with E-state index < -0.39 is 0 Å². The zero-order valence-corrected chi connectivity index (χ0v) is 12.3. The van der Waals surface area contributed by atoms with Gasteiger partial charge in [-0.3, -0.25) is 0 Å². The summed E-state index contributed by atoms with van der Waals surface area (Å²) >= 11 is 0. The Kier molecular flexibility index (Phi) is 5.26. The lowest BCUT2D eigenvalue weighted by Gasteiger charge is -2.14. The first-order chi connectivity index (χ1) is 7.93. The Morgan fingerprint density at radius 1 is 1.18 bits per heavy atom. The molecule has 0 spiro atoms. The smallest absolute Gasteiger partial charge is 0.0279 e. The van der Waals surface area contributed by atoms with Gasteiger partial charge in [-0.2, -0.15) is 0 Å². The summed E-state index contributed by atoms with van der Waals surface area (Å²) in [4.78, 5) is 0. The zero-order chi connectivity index (χ0) is 13.0. The van der Waals surface area contributed by atoms with Crippen LogP contribution in [0.1, 0.15) is 57.1 Å². The van der Waals surface area contributed by atoms with Crippen LogP contribution in [0.2, 0.25) is 0 Å². The molecule has 0 fully saturated rings. The van der Waals surface area contributed by atoms with Crippen LogP contribution >= 0.6 is 0 Å². The van der Waals surface area contributed by atoms with Crippen molar-refractivity contribution in [3.05, 3.63) is 23.0 Å². The minimum atomic E-state index is 0.567. The molecule has 1 aromatic heterocycles. The lowest BCUT2D eigenvalue weighted by atomic mass is 10.1. The van der Waals surface area contributed by atoms with Crippen LogP contribution in [0.4, 0.5) is 0 Å². The minimum absolute atomic E-state index is 0.567. The van der Waals surface area contributed by atoms with E-state index in [9.17, 15) is 0 Å². The Labute approximate surface area is 106 Å². The normalized spacial score (nSPS) is 11.8. The summed E-state index contributed by atoms with van der Waals surface area (Å²) in [6, 6.07) is 3.51. The highest BCUT2D eigenvalue weighted by Crippen LogP contribution is 2.20. The minimum Gasteiger partial charge on any atom is -0.346 e. The van der Waals surface area contributed by atoms with E-state index in [4.69, 9.17) is 0 Å². The largest absolute Gasteiger partial charge is 0.346 e. The second kappa shape index (κ2) is 6.25. The summed E-state index contributed by atoms with van der Waals surface area (Å²) in [7, 11) is 0. The number of hydrogen-bond donors (Lipinski definition) is 1. The van der Waals surface area contributed by atoms with Crippen LogP contribution in [0.15, 0.2) is 6.07 Å². The van der Waals surface area contributed by atoms with Gasteiger partial charge in [0.15, 0.2) is 0 Å². The van der Waals surface area contributed by atoms with Crippen LogP contribution in [-0.4, -0.2) is 17.2 Å². The van der Waals surface area contributed by atoms with Gasteiger partial charge in [-0.25, -0.2) is 0 Å². The Hall–Kier alpha value is -0.760. The summed E-state index contributed by atoms with van der Waals surface area (Å²) in [6.07, 6.45) is 2.41. The fraction of sp³-hybridized carbons (Fsp3) is 0.733. The molecular formula is C15H28N2. The third-order valence-corrected chi connectivity index (χ3v) is 3.28. The molecular weight excluding hydrogens is 208 g/mol. The van der Waals surface area contributed by atoms with E-state index in [0.717, 1.165) is 6.54 Å². The van der Waals surface area contributed by atoms with E-state index in [1.165, 1.54) is 29.8 Å². The molecule has 0 radical (unpaired) electrons. The maximum Gasteiger partial charge on any atom is 0.0279 e. The predicted molar refractivity (Wildman–Crippen MR) is 75.8 cm³/mol. The first-order valence-corrected chi connectivity index (χ1v) is 6.84. The highest BCUT2D eigenvalue weighted by Gasteiger charge is 2.10. The molecule has 2 heteroatoms. The standard InChI is InChI=1S/C15H28N2/c1-11(2)16-9-7-8-15-10-13(5)17(12(3)4)14(15)6/h10-12,16H,7-9H2,1-6H3. The van der Waals surface area contributed by atoms with Crippen molar-refractivity contribution in [2.45, 2.75) is 66.5 Å². The van der Waals surface area contributed by atoms with Gasteiger partial charge in [0.2, 0.25) is 0 Å². The van der Waals surface area contributed by atoms with Crippen molar-refractivity contribution >= 4 is 0 Å². The van der Waals surface area contributed by atoms with Crippen LogP contribution in [0.3, 0.4) is 0 Å². The van der Waals surface area contributed by atoms with E-state index in [1.807, 2.05) is 0 Å². The zero-order valence-electron chi connectivity index (χ0n) is 12.3. The van der Waals surface area contributed by atoms with Gasteiger partial charge in [-0.05, 0) is 58.7 Å². The molecule has 2 nitrogen and oxygen atoms in total. The van der Waals surface area contributed by atoms with E-state index in [0.29, 0.717) is 12.1 Å². The molecule has 0 atom stereocenters. The summed E-state index contributed by atoms with van der Waals surface area (Å²) in [5, 5.41) is 3.47. The summed E-state index contributed by atoms with van der Waals surface area (Å²) in [5.74, 6) is 0. The van der Waals surface area contributed by atoms with Crippen molar-refractivity contribution in [2.24, 2.45) is 0 Å². The molecule has 1 N–H and O–H groups in total. The van der Waals surface area contributed by atoms with Crippen LogP contribution in [-0.2, 0) is 6.42 Å². The topological polar surface area (TPSA) is 17.0 Å². The number of rotatable bonds is 6. The molecule has 0 aliphatic rings. The third-order valence-electron chi connectivity index (χ3n) is 3.28. The summed E-state index contributed by atoms with van der Waals surface area (Å²) < 4.78 is 2.44. The molecule has 0 bridgehead atoms. The van der Waals surface area contributed by atoms with Gasteiger partial charge in [-0.15, -0.1) is 0 Å². The number of nitrogens with one attached hydrogen (secondary N) is 1. The number of aryl methyl sites for hydroxylation is 2. The number of nitrogens with zero attached hydrogens (tertiary/aromatic N) is 1. The maximum atomic E-state index is 3.47. The fourth-order valence-corrected chi connectivity index (χ4v) is 2.56. The molecule has 1 heterocycles. The Morgan fingerprint density at radius 3 is 2.29 bits per heavy atom. The molecule has 1 aromatic rings. The third kappa shape index (κ3) is 3.88. The lowest BCUT2D eigenvalue weighted by Crippen LogP contribution is -2.23. The van der Waals surface area contributed by atoms with Crippen LogP contribution in [0.25, 0.3) is 0 Å². The van der Waals surface area contributed by atoms with Gasteiger partial charge < -0.3 is 9.88 Å². The molecule has 0 aliphatic heterocycles. The van der Waals surface area contributed by atoms with E-state index >= 15 is 0 Å². The predicted octanol–water partition coefficient (Wildman–Crippen LogP) is 3.62. The Bertz CT molecular complexity index is 348. The molecule has 1 rings (SSSR count). The van der Waals surface area contributed by atoms with Crippen molar-refractivity contribution in [3.8, 4) is 0 Å². The molecule has 0 saturated heterocycles. The van der Waals surface area contributed by atoms with Gasteiger partial charge in [0.25, 0.3) is 0 Å². The van der Waals surface area contributed by atoms with Crippen molar-refractivity contribution in [1.29, 1.82) is 0 Å². The van der Waals surface area contributed by atoms with Crippen molar-refractivity contribution in [3.63, 3.8) is 0 Å². The van der Waals surface area contributed by atoms with E-state index in [2.05, 4.69) is 57.5 Å². The molecule has 0 amide bonds. The second-order valence-corrected chi connectivity index (χ2v) is 5.57. The first kappa shape index (κ1) is 14.3. The van der Waals surface area contributed by atoms with E-state index in [-0.39, 0.29) is 0 Å². The number of aromatic nitrogens is 1. The highest BCUT2D eigenvalue weighted by molar-refractivity contribution is 5.27. The number of hydrogen-bond acceptors (Lipinski definition) is 1. The molecule has 17 heavy (non-hydrogen) atoms. The average molecular weight is 236 g/mol. The Morgan fingerprint density at radius 2 is 1.82 bits per heavy atom. The monoisotopic (exact) mass is 236 g/mol. The molecule has 0 aliphatic carbocycles. The highest BCUT2D eigenvalue weighted by atomic mass is 15.0. The van der Waals surface area contributed by atoms with Crippen molar-refractivity contribution in [1.82, 2.24) is 9.88 Å². The van der Waals surface area contributed by atoms with Crippen LogP contribution < -0.4 is 5.32 Å². The van der Waals surface area contributed by atoms with Gasteiger partial charge in [0, 0.05) is 23.5 Å². The molecule has 0 aromatic carbocycles. The van der Waals surface area contributed by atoms with Crippen molar-refractivity contribution in [2.75, 3.05) is 6.54 Å². The molecule has 98 valence electrons. The second-order valence-electron chi connectivity index (χ2n) is 5.57. The van der Waals surface area contributed by atoms with Gasteiger partial charge in [-0.1, -0.05) is 13.8 Å². The SMILES string of the molecule is Cc1cc(CCCNC(C)C)c(C)n1C(C)C. The van der Waals surface area contributed by atoms with Crippen LogP contribution in [0.5, 0.6) is 0 Å².